The van der Waals surface area contributed by atoms with E-state index >= 15 is 0 Å². The van der Waals surface area contributed by atoms with Crippen LogP contribution in [0.1, 0.15) is 38.7 Å². The van der Waals surface area contributed by atoms with Crippen LogP contribution in [-0.2, 0) is 26.2 Å². The zero-order chi connectivity index (χ0) is 32.4. The smallest absolute Gasteiger partial charge is 0.264 e. The summed E-state index contributed by atoms with van der Waals surface area (Å²) in [5.41, 5.74) is 0.743. The molecule has 0 spiro atoms. The standard InChI is InChI=1S/C31H36Cl3N3O6S/c1-5-7-16-35-31(39)27(6-2)36(19-21-8-9-23(33)17-26(21)34)30(38)20-37(24-12-10-22(32)11-13-24)44(40,41)25-14-15-28(42-3)29(18-25)43-4/h8-15,17-18,27H,5-7,16,19-20H2,1-4H3,(H,35,39)/t27-/m0/s1. The molecule has 0 aliphatic carbocycles. The van der Waals surface area contributed by atoms with Crippen molar-refractivity contribution in [3.05, 3.63) is 81.3 Å². The van der Waals surface area contributed by atoms with E-state index in [1.54, 1.807) is 25.1 Å². The van der Waals surface area contributed by atoms with Crippen molar-refractivity contribution in [3.8, 4) is 11.5 Å². The van der Waals surface area contributed by atoms with Crippen LogP contribution in [0, 0.1) is 0 Å². The highest BCUT2D eigenvalue weighted by Crippen LogP contribution is 2.33. The molecule has 3 rings (SSSR count). The molecule has 3 aromatic carbocycles. The largest absolute Gasteiger partial charge is 0.493 e. The van der Waals surface area contributed by atoms with E-state index in [2.05, 4.69) is 5.32 Å². The number of nitrogens with one attached hydrogen (secondary N) is 1. The minimum absolute atomic E-state index is 0.0561. The van der Waals surface area contributed by atoms with Gasteiger partial charge in [0.1, 0.15) is 12.6 Å². The number of unbranched alkanes of at least 4 members (excludes halogenated alkanes) is 1. The first-order valence-electron chi connectivity index (χ1n) is 14.0. The van der Waals surface area contributed by atoms with Gasteiger partial charge >= 0.3 is 0 Å². The van der Waals surface area contributed by atoms with Gasteiger partial charge in [-0.15, -0.1) is 0 Å². The number of hydrogen-bond acceptors (Lipinski definition) is 6. The average Bonchev–Trinajstić information content (AvgIpc) is 3.00. The van der Waals surface area contributed by atoms with Gasteiger partial charge in [0, 0.05) is 34.2 Å². The summed E-state index contributed by atoms with van der Waals surface area (Å²) in [4.78, 5) is 28.8. The third-order valence-corrected chi connectivity index (χ3v) is 9.52. The molecular weight excluding hydrogens is 649 g/mol. The molecular formula is C31H36Cl3N3O6S. The SMILES string of the molecule is CCCCNC(=O)[C@H](CC)N(Cc1ccc(Cl)cc1Cl)C(=O)CN(c1ccc(Cl)cc1)S(=O)(=O)c1ccc(OC)c(OC)c1. The summed E-state index contributed by atoms with van der Waals surface area (Å²) in [7, 11) is -1.51. The van der Waals surface area contributed by atoms with Crippen molar-refractivity contribution >= 4 is 62.3 Å². The number of carbonyl (C=O) groups excluding carboxylic acids is 2. The second kappa shape index (κ2) is 16.2. The van der Waals surface area contributed by atoms with E-state index in [0.29, 0.717) is 32.9 Å². The molecule has 44 heavy (non-hydrogen) atoms. The van der Waals surface area contributed by atoms with Crippen LogP contribution in [0.4, 0.5) is 5.69 Å². The summed E-state index contributed by atoms with van der Waals surface area (Å²) in [6.45, 7) is 3.55. The Kier molecular flexibility index (Phi) is 13.0. The van der Waals surface area contributed by atoms with Gasteiger partial charge in [0.05, 0.1) is 24.8 Å². The van der Waals surface area contributed by atoms with Crippen molar-refractivity contribution in [2.24, 2.45) is 0 Å². The molecule has 13 heteroatoms. The van der Waals surface area contributed by atoms with Crippen LogP contribution in [0.2, 0.25) is 15.1 Å². The van der Waals surface area contributed by atoms with Gasteiger partial charge in [-0.05, 0) is 66.9 Å². The number of rotatable bonds is 15. The predicted molar refractivity (Wildman–Crippen MR) is 175 cm³/mol. The van der Waals surface area contributed by atoms with E-state index < -0.39 is 28.5 Å². The van der Waals surface area contributed by atoms with Crippen molar-refractivity contribution < 1.29 is 27.5 Å². The molecule has 0 unspecified atom stereocenters. The van der Waals surface area contributed by atoms with Crippen molar-refractivity contribution in [2.75, 3.05) is 31.6 Å². The molecule has 2 amide bonds. The number of halogens is 3. The van der Waals surface area contributed by atoms with E-state index in [1.165, 1.54) is 61.6 Å². The molecule has 0 bridgehead atoms. The van der Waals surface area contributed by atoms with E-state index in [9.17, 15) is 18.0 Å². The minimum atomic E-state index is -4.35. The van der Waals surface area contributed by atoms with Crippen LogP contribution in [0.25, 0.3) is 0 Å². The van der Waals surface area contributed by atoms with Gasteiger partial charge in [-0.1, -0.05) is 61.1 Å². The van der Waals surface area contributed by atoms with Crippen LogP contribution in [0.15, 0.2) is 65.6 Å². The van der Waals surface area contributed by atoms with Crippen LogP contribution in [0.5, 0.6) is 11.5 Å². The first-order valence-corrected chi connectivity index (χ1v) is 16.6. The number of carbonyl (C=O) groups is 2. The van der Waals surface area contributed by atoms with Crippen molar-refractivity contribution in [3.63, 3.8) is 0 Å². The number of amides is 2. The van der Waals surface area contributed by atoms with E-state index in [1.807, 2.05) is 6.92 Å². The van der Waals surface area contributed by atoms with Gasteiger partial charge in [-0.25, -0.2) is 8.42 Å². The molecule has 0 saturated heterocycles. The van der Waals surface area contributed by atoms with Gasteiger partial charge in [-0.3, -0.25) is 13.9 Å². The number of methoxy groups -OCH3 is 2. The van der Waals surface area contributed by atoms with Gasteiger partial charge in [-0.2, -0.15) is 0 Å². The Hall–Kier alpha value is -3.18. The van der Waals surface area contributed by atoms with Crippen molar-refractivity contribution in [1.29, 1.82) is 0 Å². The van der Waals surface area contributed by atoms with Crippen LogP contribution < -0.4 is 19.1 Å². The molecule has 9 nitrogen and oxygen atoms in total. The predicted octanol–water partition coefficient (Wildman–Crippen LogP) is 6.58. The Balaban J connectivity index is 2.09. The average molecular weight is 685 g/mol. The van der Waals surface area contributed by atoms with E-state index in [4.69, 9.17) is 44.3 Å². The summed E-state index contributed by atoms with van der Waals surface area (Å²) in [5, 5.41) is 4.00. The molecule has 0 saturated carbocycles. The molecule has 0 radical (unpaired) electrons. The quantitative estimate of drug-likeness (QED) is 0.181. The highest BCUT2D eigenvalue weighted by Gasteiger charge is 2.34. The lowest BCUT2D eigenvalue weighted by atomic mass is 10.1. The molecule has 1 N–H and O–H groups in total. The third kappa shape index (κ3) is 8.72. The van der Waals surface area contributed by atoms with Crippen molar-refractivity contribution in [1.82, 2.24) is 10.2 Å². The first-order chi connectivity index (χ1) is 21.0. The molecule has 0 fully saturated rings. The maximum absolute atomic E-state index is 14.2. The first kappa shape index (κ1) is 35.3. The fourth-order valence-electron chi connectivity index (χ4n) is 4.50. The number of sulfonamides is 1. The zero-order valence-electron chi connectivity index (χ0n) is 25.0. The summed E-state index contributed by atoms with van der Waals surface area (Å²) in [5.74, 6) is -0.427. The van der Waals surface area contributed by atoms with E-state index in [0.717, 1.165) is 17.1 Å². The summed E-state index contributed by atoms with van der Waals surface area (Å²) < 4.78 is 39.9. The topological polar surface area (TPSA) is 105 Å². The maximum atomic E-state index is 14.2. The van der Waals surface area contributed by atoms with E-state index in [-0.39, 0.29) is 35.2 Å². The Bertz CT molecular complexity index is 1550. The summed E-state index contributed by atoms with van der Waals surface area (Å²) in [6, 6.07) is 14.2. The van der Waals surface area contributed by atoms with Crippen LogP contribution >= 0.6 is 34.8 Å². The van der Waals surface area contributed by atoms with Crippen molar-refractivity contribution in [2.45, 2.75) is 50.6 Å². The van der Waals surface area contributed by atoms with Crippen LogP contribution in [-0.4, -0.2) is 58.5 Å². The molecule has 0 aliphatic heterocycles. The van der Waals surface area contributed by atoms with Crippen LogP contribution in [0.3, 0.4) is 0 Å². The summed E-state index contributed by atoms with van der Waals surface area (Å²) >= 11 is 18.7. The fraction of sp³-hybridized carbons (Fsp3) is 0.355. The lowest BCUT2D eigenvalue weighted by Crippen LogP contribution is -2.52. The molecule has 0 aliphatic rings. The fourth-order valence-corrected chi connectivity index (χ4v) is 6.52. The Labute approximate surface area is 274 Å². The molecule has 0 aromatic heterocycles. The zero-order valence-corrected chi connectivity index (χ0v) is 28.1. The molecule has 238 valence electrons. The number of benzene rings is 3. The third-order valence-electron chi connectivity index (χ3n) is 6.91. The highest BCUT2D eigenvalue weighted by molar-refractivity contribution is 7.92. The summed E-state index contributed by atoms with van der Waals surface area (Å²) in [6.07, 6.45) is 1.93. The highest BCUT2D eigenvalue weighted by atomic mass is 35.5. The number of hydrogen-bond donors (Lipinski definition) is 1. The van der Waals surface area contributed by atoms with Gasteiger partial charge in [0.15, 0.2) is 11.5 Å². The number of ether oxygens (including phenoxy) is 2. The Morgan fingerprint density at radius 1 is 0.886 bits per heavy atom. The molecule has 3 aromatic rings. The minimum Gasteiger partial charge on any atom is -0.493 e. The molecule has 0 heterocycles. The molecule has 1 atom stereocenters. The number of anilines is 1. The second-order valence-corrected chi connectivity index (χ2v) is 13.0. The number of nitrogens with zero attached hydrogens (tertiary/aromatic N) is 2. The lowest BCUT2D eigenvalue weighted by molar-refractivity contribution is -0.140. The lowest BCUT2D eigenvalue weighted by Gasteiger charge is -2.33. The Morgan fingerprint density at radius 2 is 1.55 bits per heavy atom. The normalized spacial score (nSPS) is 11.9. The van der Waals surface area contributed by atoms with Gasteiger partial charge < -0.3 is 19.7 Å². The monoisotopic (exact) mass is 683 g/mol. The maximum Gasteiger partial charge on any atom is 0.264 e. The second-order valence-electron chi connectivity index (χ2n) is 9.83. The van der Waals surface area contributed by atoms with Gasteiger partial charge in [0.2, 0.25) is 11.8 Å². The Morgan fingerprint density at radius 3 is 2.14 bits per heavy atom. The van der Waals surface area contributed by atoms with Gasteiger partial charge in [0.25, 0.3) is 10.0 Å².